The fourth-order valence-corrected chi connectivity index (χ4v) is 3.12. The minimum Gasteiger partial charge on any atom is -0.333 e. The minimum atomic E-state index is -0.286. The van der Waals surface area contributed by atoms with Crippen molar-refractivity contribution in [1.82, 2.24) is 29.0 Å². The number of hydrogen-bond donors (Lipinski definition) is 0. The lowest BCUT2D eigenvalue weighted by Gasteiger charge is -2.54. The van der Waals surface area contributed by atoms with E-state index in [4.69, 9.17) is 0 Å². The zero-order valence-corrected chi connectivity index (χ0v) is 13.2. The van der Waals surface area contributed by atoms with Gasteiger partial charge in [0, 0.05) is 37.8 Å². The van der Waals surface area contributed by atoms with Crippen molar-refractivity contribution < 1.29 is 4.79 Å². The van der Waals surface area contributed by atoms with E-state index in [2.05, 4.69) is 24.0 Å². The van der Waals surface area contributed by atoms with Crippen LogP contribution in [-0.4, -0.2) is 41.5 Å². The summed E-state index contributed by atoms with van der Waals surface area (Å²) in [5, 5.41) is 8.13. The van der Waals surface area contributed by atoms with Crippen molar-refractivity contribution in [3.8, 4) is 0 Å². The number of carbonyl (C=O) groups is 1. The smallest absolute Gasteiger partial charge is 0.333 e. The van der Waals surface area contributed by atoms with Crippen molar-refractivity contribution in [2.75, 3.05) is 6.54 Å². The normalized spacial score (nSPS) is 20.0. The Bertz CT molecular complexity index is 768. The highest BCUT2D eigenvalue weighted by Crippen LogP contribution is 2.48. The average Bonchev–Trinajstić information content (AvgIpc) is 2.97. The van der Waals surface area contributed by atoms with Crippen LogP contribution in [-0.2, 0) is 25.4 Å². The number of hydrogen-bond acceptors (Lipinski definition) is 4. The van der Waals surface area contributed by atoms with Gasteiger partial charge in [0.15, 0.2) is 0 Å². The molecule has 3 heterocycles. The van der Waals surface area contributed by atoms with Gasteiger partial charge >= 0.3 is 5.69 Å². The van der Waals surface area contributed by atoms with E-state index in [0.717, 1.165) is 5.56 Å². The topological polar surface area (TPSA) is 78.0 Å². The molecule has 8 heteroatoms. The molecule has 0 aromatic carbocycles. The highest BCUT2D eigenvalue weighted by atomic mass is 16.2. The fourth-order valence-electron chi connectivity index (χ4n) is 3.12. The van der Waals surface area contributed by atoms with E-state index in [1.54, 1.807) is 22.8 Å². The van der Waals surface area contributed by atoms with Gasteiger partial charge < -0.3 is 4.90 Å². The van der Waals surface area contributed by atoms with E-state index in [9.17, 15) is 9.59 Å². The molecule has 0 saturated carbocycles. The molecule has 118 valence electrons. The lowest BCUT2D eigenvalue weighted by atomic mass is 9.72. The molecule has 8 nitrogen and oxygen atoms in total. The first-order valence-corrected chi connectivity index (χ1v) is 7.16. The Hall–Kier alpha value is -2.38. The van der Waals surface area contributed by atoms with Gasteiger partial charge in [-0.05, 0) is 0 Å². The summed E-state index contributed by atoms with van der Waals surface area (Å²) in [5.74, 6) is -0.103. The summed E-state index contributed by atoms with van der Waals surface area (Å²) >= 11 is 0. The summed E-state index contributed by atoms with van der Waals surface area (Å²) < 4.78 is 4.27. The van der Waals surface area contributed by atoms with Crippen LogP contribution in [0.2, 0.25) is 0 Å². The third kappa shape index (κ3) is 2.24. The molecule has 0 spiro atoms. The Labute approximate surface area is 127 Å². The number of aryl methyl sites for hydroxylation is 2. The van der Waals surface area contributed by atoms with E-state index in [1.807, 2.05) is 13.2 Å². The molecule has 1 aliphatic heterocycles. The van der Waals surface area contributed by atoms with Crippen LogP contribution in [0.5, 0.6) is 0 Å². The number of likely N-dealkylation sites (tertiary alicyclic amines) is 1. The largest absolute Gasteiger partial charge is 0.345 e. The third-order valence-corrected chi connectivity index (χ3v) is 4.16. The predicted molar refractivity (Wildman–Crippen MR) is 78.9 cm³/mol. The maximum atomic E-state index is 12.5. The lowest BCUT2D eigenvalue weighted by molar-refractivity contribution is -0.153. The Balaban J connectivity index is 1.81. The SMILES string of the molecule is Cn1cc(C2N(C(=O)Cn3ncn(C)c3=O)CC2(C)C)cn1. The van der Waals surface area contributed by atoms with Crippen LogP contribution in [0.4, 0.5) is 0 Å². The van der Waals surface area contributed by atoms with Crippen LogP contribution in [0.15, 0.2) is 23.5 Å². The molecule has 1 amide bonds. The van der Waals surface area contributed by atoms with E-state index in [1.165, 1.54) is 15.6 Å². The van der Waals surface area contributed by atoms with Crippen LogP contribution < -0.4 is 5.69 Å². The van der Waals surface area contributed by atoms with Crippen LogP contribution >= 0.6 is 0 Å². The molecule has 0 bridgehead atoms. The van der Waals surface area contributed by atoms with Crippen molar-refractivity contribution in [3.05, 3.63) is 34.8 Å². The second-order valence-corrected chi connectivity index (χ2v) is 6.54. The summed E-state index contributed by atoms with van der Waals surface area (Å²) in [7, 11) is 3.47. The van der Waals surface area contributed by atoms with Crippen LogP contribution in [0.25, 0.3) is 0 Å². The number of nitrogens with zero attached hydrogens (tertiary/aromatic N) is 6. The molecule has 22 heavy (non-hydrogen) atoms. The molecule has 1 atom stereocenters. The molecular formula is C14H20N6O2. The first kappa shape index (κ1) is 14.6. The molecule has 2 aromatic heterocycles. The Kier molecular flexibility index (Phi) is 3.19. The van der Waals surface area contributed by atoms with Crippen molar-refractivity contribution >= 4 is 5.91 Å². The molecule has 1 aliphatic rings. The highest BCUT2D eigenvalue weighted by molar-refractivity contribution is 5.77. The zero-order valence-electron chi connectivity index (χ0n) is 13.2. The predicted octanol–water partition coefficient (Wildman–Crippen LogP) is -0.0750. The second-order valence-electron chi connectivity index (χ2n) is 6.54. The lowest BCUT2D eigenvalue weighted by Crippen LogP contribution is -2.58. The van der Waals surface area contributed by atoms with Gasteiger partial charge in [0.1, 0.15) is 12.9 Å². The van der Waals surface area contributed by atoms with E-state index < -0.39 is 0 Å². The van der Waals surface area contributed by atoms with E-state index in [-0.39, 0.29) is 29.6 Å². The summed E-state index contributed by atoms with van der Waals surface area (Å²) in [6, 6.07) is -0.0203. The van der Waals surface area contributed by atoms with Gasteiger partial charge in [-0.2, -0.15) is 10.2 Å². The first-order chi connectivity index (χ1) is 10.3. The summed E-state index contributed by atoms with van der Waals surface area (Å²) in [4.78, 5) is 26.1. The van der Waals surface area contributed by atoms with Gasteiger partial charge in [0.25, 0.3) is 0 Å². The highest BCUT2D eigenvalue weighted by Gasteiger charge is 2.49. The van der Waals surface area contributed by atoms with Crippen LogP contribution in [0.3, 0.4) is 0 Å². The quantitative estimate of drug-likeness (QED) is 0.795. The molecule has 1 saturated heterocycles. The van der Waals surface area contributed by atoms with Crippen LogP contribution in [0.1, 0.15) is 25.5 Å². The summed E-state index contributed by atoms with van der Waals surface area (Å²) in [6.45, 7) is 4.88. The number of aromatic nitrogens is 5. The Morgan fingerprint density at radius 2 is 2.09 bits per heavy atom. The number of rotatable bonds is 3. The average molecular weight is 304 g/mol. The third-order valence-electron chi connectivity index (χ3n) is 4.16. The monoisotopic (exact) mass is 304 g/mol. The molecule has 0 N–H and O–H groups in total. The molecule has 1 unspecified atom stereocenters. The molecule has 1 fully saturated rings. The number of amides is 1. The minimum absolute atomic E-state index is 0.00618. The van der Waals surface area contributed by atoms with E-state index >= 15 is 0 Å². The van der Waals surface area contributed by atoms with Gasteiger partial charge in [0.2, 0.25) is 5.91 Å². The first-order valence-electron chi connectivity index (χ1n) is 7.16. The molecule has 0 radical (unpaired) electrons. The van der Waals surface area contributed by atoms with E-state index in [0.29, 0.717) is 6.54 Å². The van der Waals surface area contributed by atoms with Gasteiger partial charge in [-0.1, -0.05) is 13.8 Å². The van der Waals surface area contributed by atoms with Crippen molar-refractivity contribution in [1.29, 1.82) is 0 Å². The van der Waals surface area contributed by atoms with Crippen molar-refractivity contribution in [2.45, 2.75) is 26.4 Å². The molecule has 2 aromatic rings. The van der Waals surface area contributed by atoms with Gasteiger partial charge in [0.05, 0.1) is 12.2 Å². The maximum absolute atomic E-state index is 12.5. The van der Waals surface area contributed by atoms with Gasteiger partial charge in [-0.15, -0.1) is 0 Å². The molecular weight excluding hydrogens is 284 g/mol. The maximum Gasteiger partial charge on any atom is 0.345 e. The Morgan fingerprint density at radius 3 is 2.59 bits per heavy atom. The summed E-state index contributed by atoms with van der Waals surface area (Å²) in [6.07, 6.45) is 5.13. The zero-order chi connectivity index (χ0) is 16.1. The van der Waals surface area contributed by atoms with Gasteiger partial charge in [-0.25, -0.2) is 9.48 Å². The van der Waals surface area contributed by atoms with Crippen LogP contribution in [0, 0.1) is 5.41 Å². The molecule has 0 aliphatic carbocycles. The standard InChI is InChI=1S/C14H20N6O2/c1-14(2)8-19(12(14)10-5-15-18(4)6-10)11(21)7-20-13(22)17(3)9-16-20/h5-6,9,12H,7-8H2,1-4H3. The molecule has 3 rings (SSSR count). The van der Waals surface area contributed by atoms with Crippen molar-refractivity contribution in [2.24, 2.45) is 19.5 Å². The van der Waals surface area contributed by atoms with Crippen molar-refractivity contribution in [3.63, 3.8) is 0 Å². The number of carbonyl (C=O) groups excluding carboxylic acids is 1. The second kappa shape index (κ2) is 4.82. The fraction of sp³-hybridized carbons (Fsp3) is 0.571. The van der Waals surface area contributed by atoms with Gasteiger partial charge in [-0.3, -0.25) is 14.0 Å². The summed E-state index contributed by atoms with van der Waals surface area (Å²) in [5.41, 5.74) is 0.722. The Morgan fingerprint density at radius 1 is 1.36 bits per heavy atom.